The summed E-state index contributed by atoms with van der Waals surface area (Å²) in [5.74, 6) is 1.40. The Bertz CT molecular complexity index is 555. The fraction of sp³-hybridized carbons (Fsp3) is 0.714. The molecule has 1 aromatic carbocycles. The molecule has 1 heterocycles. The van der Waals surface area contributed by atoms with Crippen molar-refractivity contribution in [3.8, 4) is 0 Å². The van der Waals surface area contributed by atoms with Crippen molar-refractivity contribution in [2.45, 2.75) is 98.2 Å². The first-order valence-corrected chi connectivity index (χ1v) is 9.40. The molecule has 0 saturated carbocycles. The highest BCUT2D eigenvalue weighted by Crippen LogP contribution is 2.38. The highest BCUT2D eigenvalue weighted by atomic mass is 16.7. The van der Waals surface area contributed by atoms with Crippen LogP contribution in [0.4, 0.5) is 0 Å². The molecule has 1 aliphatic heterocycles. The molecule has 24 heavy (non-hydrogen) atoms. The maximum atomic E-state index is 6.41. The summed E-state index contributed by atoms with van der Waals surface area (Å²) in [5.41, 5.74) is 4.77. The van der Waals surface area contributed by atoms with Crippen LogP contribution in [0.5, 0.6) is 0 Å². The minimum absolute atomic E-state index is 0.286. The second kappa shape index (κ2) is 6.50. The van der Waals surface area contributed by atoms with E-state index in [0.29, 0.717) is 17.8 Å². The van der Waals surface area contributed by atoms with Gasteiger partial charge in [0.15, 0.2) is 0 Å². The van der Waals surface area contributed by atoms with E-state index in [2.05, 4.69) is 81.4 Å². The first kappa shape index (κ1) is 19.5. The van der Waals surface area contributed by atoms with Crippen LogP contribution in [0.1, 0.15) is 104 Å². The van der Waals surface area contributed by atoms with E-state index in [-0.39, 0.29) is 18.3 Å². The van der Waals surface area contributed by atoms with Crippen LogP contribution in [0.15, 0.2) is 12.1 Å². The van der Waals surface area contributed by atoms with E-state index in [1.807, 2.05) is 0 Å². The lowest BCUT2D eigenvalue weighted by atomic mass is 9.68. The normalized spacial score (nSPS) is 19.8. The summed E-state index contributed by atoms with van der Waals surface area (Å²) < 4.78 is 12.8. The molecule has 0 unspecified atom stereocenters. The molecular formula is C21H35BO2. The van der Waals surface area contributed by atoms with Crippen LogP contribution < -0.4 is 5.46 Å². The van der Waals surface area contributed by atoms with Gasteiger partial charge in [-0.25, -0.2) is 0 Å². The summed E-state index contributed by atoms with van der Waals surface area (Å²) in [7, 11) is -0.286. The summed E-state index contributed by atoms with van der Waals surface area (Å²) in [5, 5.41) is 0. The van der Waals surface area contributed by atoms with Crippen molar-refractivity contribution in [3.63, 3.8) is 0 Å². The maximum Gasteiger partial charge on any atom is 0.495 e. The SMILES string of the molecule is CC(C)c1cc(C(C)C)c(B2OC(C)(C)C(C)(C)O2)c(C(C)C)c1. The molecular weight excluding hydrogens is 295 g/mol. The van der Waals surface area contributed by atoms with E-state index < -0.39 is 0 Å². The Balaban J connectivity index is 2.64. The first-order valence-electron chi connectivity index (χ1n) is 9.40. The maximum absolute atomic E-state index is 6.41. The molecule has 0 bridgehead atoms. The summed E-state index contributed by atoms with van der Waals surface area (Å²) in [6, 6.07) is 4.73. The lowest BCUT2D eigenvalue weighted by Gasteiger charge is -2.32. The molecule has 134 valence electrons. The van der Waals surface area contributed by atoms with E-state index in [4.69, 9.17) is 9.31 Å². The van der Waals surface area contributed by atoms with Crippen molar-refractivity contribution in [1.82, 2.24) is 0 Å². The number of hydrogen-bond donors (Lipinski definition) is 0. The molecule has 2 rings (SSSR count). The average Bonchev–Trinajstić information content (AvgIpc) is 2.65. The van der Waals surface area contributed by atoms with Gasteiger partial charge in [0.1, 0.15) is 0 Å². The van der Waals surface area contributed by atoms with Gasteiger partial charge in [0.25, 0.3) is 0 Å². The van der Waals surface area contributed by atoms with Gasteiger partial charge in [0.2, 0.25) is 0 Å². The molecule has 0 spiro atoms. The van der Waals surface area contributed by atoms with Gasteiger partial charge in [-0.15, -0.1) is 0 Å². The zero-order chi connectivity index (χ0) is 18.4. The van der Waals surface area contributed by atoms with Crippen LogP contribution in [0, 0.1) is 0 Å². The van der Waals surface area contributed by atoms with Crippen molar-refractivity contribution in [2.75, 3.05) is 0 Å². The van der Waals surface area contributed by atoms with Gasteiger partial charge in [0.05, 0.1) is 11.2 Å². The number of benzene rings is 1. The van der Waals surface area contributed by atoms with Crippen molar-refractivity contribution in [2.24, 2.45) is 0 Å². The largest absolute Gasteiger partial charge is 0.495 e. The van der Waals surface area contributed by atoms with Crippen LogP contribution in [0.25, 0.3) is 0 Å². The zero-order valence-electron chi connectivity index (χ0n) is 17.3. The van der Waals surface area contributed by atoms with E-state index in [1.165, 1.54) is 22.2 Å². The average molecular weight is 330 g/mol. The van der Waals surface area contributed by atoms with Crippen LogP contribution >= 0.6 is 0 Å². The molecule has 3 heteroatoms. The van der Waals surface area contributed by atoms with Crippen molar-refractivity contribution in [1.29, 1.82) is 0 Å². The smallest absolute Gasteiger partial charge is 0.399 e. The van der Waals surface area contributed by atoms with Gasteiger partial charge in [-0.05, 0) is 67.6 Å². The zero-order valence-corrected chi connectivity index (χ0v) is 17.3. The molecule has 0 amide bonds. The predicted molar refractivity (Wildman–Crippen MR) is 104 cm³/mol. The number of rotatable bonds is 4. The van der Waals surface area contributed by atoms with Gasteiger partial charge < -0.3 is 9.31 Å². The summed E-state index contributed by atoms with van der Waals surface area (Å²) >= 11 is 0. The van der Waals surface area contributed by atoms with Gasteiger partial charge in [0, 0.05) is 0 Å². The summed E-state index contributed by atoms with van der Waals surface area (Å²) in [6.07, 6.45) is 0. The Hall–Kier alpha value is -0.795. The van der Waals surface area contributed by atoms with E-state index in [9.17, 15) is 0 Å². The Morgan fingerprint density at radius 3 is 1.38 bits per heavy atom. The standard InChI is InChI=1S/C21H35BO2/c1-13(2)16-11-17(14(3)4)19(18(12-16)15(5)6)22-23-20(7,8)21(9,10)24-22/h11-15H,1-10H3. The summed E-state index contributed by atoms with van der Waals surface area (Å²) in [6.45, 7) is 22.1. The fourth-order valence-corrected chi connectivity index (χ4v) is 3.24. The monoisotopic (exact) mass is 330 g/mol. The van der Waals surface area contributed by atoms with Crippen LogP contribution in [-0.2, 0) is 9.31 Å². The molecule has 0 aliphatic carbocycles. The van der Waals surface area contributed by atoms with Gasteiger partial charge in [-0.2, -0.15) is 0 Å². The molecule has 1 saturated heterocycles. The molecule has 0 aromatic heterocycles. The fourth-order valence-electron chi connectivity index (χ4n) is 3.24. The van der Waals surface area contributed by atoms with Crippen LogP contribution in [0.2, 0.25) is 0 Å². The van der Waals surface area contributed by atoms with Gasteiger partial charge >= 0.3 is 7.12 Å². The third-order valence-electron chi connectivity index (χ3n) is 5.67. The summed E-state index contributed by atoms with van der Waals surface area (Å²) in [4.78, 5) is 0. The minimum atomic E-state index is -0.309. The van der Waals surface area contributed by atoms with Crippen LogP contribution in [-0.4, -0.2) is 18.3 Å². The van der Waals surface area contributed by atoms with Gasteiger partial charge in [-0.3, -0.25) is 0 Å². The third kappa shape index (κ3) is 3.43. The molecule has 2 nitrogen and oxygen atoms in total. The Kier molecular flexibility index (Phi) is 5.29. The second-order valence-corrected chi connectivity index (χ2v) is 9.17. The highest BCUT2D eigenvalue weighted by Gasteiger charge is 2.53. The lowest BCUT2D eigenvalue weighted by molar-refractivity contribution is 0.00578. The Morgan fingerprint density at radius 1 is 0.708 bits per heavy atom. The molecule has 0 radical (unpaired) electrons. The second-order valence-electron chi connectivity index (χ2n) is 9.17. The van der Waals surface area contributed by atoms with E-state index >= 15 is 0 Å². The van der Waals surface area contributed by atoms with Crippen LogP contribution in [0.3, 0.4) is 0 Å². The Labute approximate surface area is 149 Å². The van der Waals surface area contributed by atoms with Crippen molar-refractivity contribution in [3.05, 3.63) is 28.8 Å². The van der Waals surface area contributed by atoms with Gasteiger partial charge in [-0.1, -0.05) is 53.7 Å². The quantitative estimate of drug-likeness (QED) is 0.692. The Morgan fingerprint density at radius 2 is 1.08 bits per heavy atom. The highest BCUT2D eigenvalue weighted by molar-refractivity contribution is 6.63. The first-order chi connectivity index (χ1) is 10.9. The molecule has 1 aromatic rings. The molecule has 1 aliphatic rings. The van der Waals surface area contributed by atoms with E-state index in [1.54, 1.807) is 0 Å². The lowest BCUT2D eigenvalue weighted by Crippen LogP contribution is -2.41. The topological polar surface area (TPSA) is 18.5 Å². The molecule has 1 fully saturated rings. The molecule has 0 atom stereocenters. The van der Waals surface area contributed by atoms with Crippen molar-refractivity contribution < 1.29 is 9.31 Å². The van der Waals surface area contributed by atoms with Crippen molar-refractivity contribution >= 4 is 12.6 Å². The number of hydrogen-bond acceptors (Lipinski definition) is 2. The minimum Gasteiger partial charge on any atom is -0.399 e. The molecule has 0 N–H and O–H groups in total. The predicted octanol–water partition coefficient (Wildman–Crippen LogP) is 5.36. The van der Waals surface area contributed by atoms with E-state index in [0.717, 1.165) is 0 Å². The third-order valence-corrected chi connectivity index (χ3v) is 5.67.